The van der Waals surface area contributed by atoms with E-state index in [-0.39, 0.29) is 0 Å². The quantitative estimate of drug-likeness (QED) is 0.534. The second-order valence-electron chi connectivity index (χ2n) is 4.74. The Kier molecular flexibility index (Phi) is 10.9. The first-order chi connectivity index (χ1) is 9.10. The van der Waals surface area contributed by atoms with E-state index in [1.54, 1.807) is 0 Å². The van der Waals surface area contributed by atoms with Gasteiger partial charge in [-0.3, -0.25) is 0 Å². The molecule has 0 aromatic carbocycles. The number of unbranched alkanes of at least 4 members (excludes halogenated alkanes) is 5. The Morgan fingerprint density at radius 1 is 1.16 bits per heavy atom. The molecule has 4 nitrogen and oxygen atoms in total. The van der Waals surface area contributed by atoms with Crippen LogP contribution < -0.4 is 9.67 Å². The molecule has 0 aliphatic heterocycles. The maximum Gasteiger partial charge on any atom is 0.243 e. The highest BCUT2D eigenvalue weighted by Crippen LogP contribution is 2.04. The third-order valence-corrected chi connectivity index (χ3v) is 2.88. The molecule has 0 atom stereocenters. The number of carboxylic acids is 1. The first-order valence-corrected chi connectivity index (χ1v) is 7.32. The lowest BCUT2D eigenvalue weighted by Crippen LogP contribution is -2.30. The molecular formula is C15H28N2O2. The van der Waals surface area contributed by atoms with Crippen molar-refractivity contribution in [2.45, 2.75) is 72.4 Å². The number of aliphatic carboxylic acids is 1. The number of aryl methyl sites for hydroxylation is 2. The molecule has 0 aliphatic carbocycles. The van der Waals surface area contributed by atoms with Crippen LogP contribution in [0.4, 0.5) is 0 Å². The van der Waals surface area contributed by atoms with Crippen molar-refractivity contribution in [1.82, 2.24) is 4.57 Å². The minimum atomic E-state index is -1.08. The average molecular weight is 268 g/mol. The minimum Gasteiger partial charge on any atom is -0.550 e. The monoisotopic (exact) mass is 268 g/mol. The number of aromatic nitrogens is 2. The molecule has 0 saturated heterocycles. The summed E-state index contributed by atoms with van der Waals surface area (Å²) in [5.41, 5.74) is 0. The van der Waals surface area contributed by atoms with E-state index in [1.165, 1.54) is 45.1 Å². The van der Waals surface area contributed by atoms with E-state index < -0.39 is 5.97 Å². The van der Waals surface area contributed by atoms with Crippen LogP contribution in [0.3, 0.4) is 0 Å². The van der Waals surface area contributed by atoms with E-state index in [1.807, 2.05) is 0 Å². The van der Waals surface area contributed by atoms with Crippen molar-refractivity contribution in [2.24, 2.45) is 0 Å². The molecule has 4 heteroatoms. The number of imidazole rings is 1. The van der Waals surface area contributed by atoms with Gasteiger partial charge in [-0.05, 0) is 26.7 Å². The lowest BCUT2D eigenvalue weighted by molar-refractivity contribution is -0.696. The van der Waals surface area contributed by atoms with Crippen LogP contribution in [-0.4, -0.2) is 10.5 Å². The van der Waals surface area contributed by atoms with Gasteiger partial charge >= 0.3 is 0 Å². The molecule has 0 radical (unpaired) electrons. The van der Waals surface area contributed by atoms with E-state index in [4.69, 9.17) is 9.90 Å². The number of carboxylic acid groups (broad SMARTS) is 1. The molecule has 1 aromatic heterocycles. The highest BCUT2D eigenvalue weighted by molar-refractivity contribution is 5.60. The van der Waals surface area contributed by atoms with Gasteiger partial charge in [0.1, 0.15) is 12.4 Å². The molecule has 0 amide bonds. The molecule has 19 heavy (non-hydrogen) atoms. The molecule has 0 bridgehead atoms. The van der Waals surface area contributed by atoms with Gasteiger partial charge in [0.15, 0.2) is 0 Å². The van der Waals surface area contributed by atoms with Crippen LogP contribution in [0.2, 0.25) is 0 Å². The Hall–Kier alpha value is -1.32. The number of nitrogens with zero attached hydrogens (tertiary/aromatic N) is 2. The summed E-state index contributed by atoms with van der Waals surface area (Å²) < 4.78 is 4.51. The fourth-order valence-electron chi connectivity index (χ4n) is 1.83. The van der Waals surface area contributed by atoms with Gasteiger partial charge in [-0.2, -0.15) is 0 Å². The highest BCUT2D eigenvalue weighted by atomic mass is 16.4. The first kappa shape index (κ1) is 17.7. The van der Waals surface area contributed by atoms with Gasteiger partial charge in [0.05, 0.1) is 13.1 Å². The summed E-state index contributed by atoms with van der Waals surface area (Å²) in [4.78, 5) is 8.89. The van der Waals surface area contributed by atoms with Crippen LogP contribution in [0.15, 0.2) is 18.7 Å². The van der Waals surface area contributed by atoms with Crippen LogP contribution in [0, 0.1) is 0 Å². The van der Waals surface area contributed by atoms with Crippen molar-refractivity contribution in [3.05, 3.63) is 18.7 Å². The van der Waals surface area contributed by atoms with E-state index >= 15 is 0 Å². The molecule has 1 aromatic rings. The normalized spacial score (nSPS) is 9.84. The van der Waals surface area contributed by atoms with E-state index in [0.717, 1.165) is 13.5 Å². The molecule has 1 heterocycles. The van der Waals surface area contributed by atoms with Gasteiger partial charge in [-0.25, -0.2) is 9.13 Å². The van der Waals surface area contributed by atoms with Crippen LogP contribution in [0.25, 0.3) is 0 Å². The third-order valence-electron chi connectivity index (χ3n) is 2.88. The third kappa shape index (κ3) is 11.5. The molecule has 0 saturated carbocycles. The average Bonchev–Trinajstić information content (AvgIpc) is 2.81. The Labute approximate surface area is 117 Å². The van der Waals surface area contributed by atoms with E-state index in [2.05, 4.69) is 41.7 Å². The topological polar surface area (TPSA) is 48.9 Å². The number of carbonyl (C=O) groups is 1. The Bertz CT molecular complexity index is 331. The van der Waals surface area contributed by atoms with Crippen molar-refractivity contribution in [2.75, 3.05) is 0 Å². The summed E-state index contributed by atoms with van der Waals surface area (Å²) >= 11 is 0. The summed E-state index contributed by atoms with van der Waals surface area (Å²) in [6.07, 6.45) is 14.8. The van der Waals surface area contributed by atoms with Crippen LogP contribution >= 0.6 is 0 Å². The number of hydrogen-bond acceptors (Lipinski definition) is 2. The van der Waals surface area contributed by atoms with Crippen molar-refractivity contribution >= 4 is 5.97 Å². The predicted octanol–water partition coefficient (Wildman–Crippen LogP) is 1.91. The summed E-state index contributed by atoms with van der Waals surface area (Å²) in [6.45, 7) is 7.67. The van der Waals surface area contributed by atoms with Crippen LogP contribution in [0.5, 0.6) is 0 Å². The standard InChI is InChI=1S/C13H25N2.C2H4O2/c1-3-5-6-7-8-9-10-15-12-11-14(4-2)13-15;1-2(3)4/h11-13H,3-10H2,1-2H3;1H3,(H,3,4)/q+1;/p-1. The fourth-order valence-corrected chi connectivity index (χ4v) is 1.83. The van der Waals surface area contributed by atoms with Crippen molar-refractivity contribution < 1.29 is 14.5 Å². The molecule has 0 N–H and O–H groups in total. The zero-order valence-corrected chi connectivity index (χ0v) is 12.6. The smallest absolute Gasteiger partial charge is 0.243 e. The van der Waals surface area contributed by atoms with Gasteiger partial charge in [0, 0.05) is 5.97 Å². The summed E-state index contributed by atoms with van der Waals surface area (Å²) in [5, 5.41) is 8.89. The maximum absolute atomic E-state index is 8.89. The van der Waals surface area contributed by atoms with Gasteiger partial charge < -0.3 is 9.90 Å². The van der Waals surface area contributed by atoms with Gasteiger partial charge in [0.2, 0.25) is 6.33 Å². The fraction of sp³-hybridized carbons (Fsp3) is 0.733. The van der Waals surface area contributed by atoms with Crippen LogP contribution in [0.1, 0.15) is 59.3 Å². The molecule has 0 unspecified atom stereocenters. The zero-order valence-electron chi connectivity index (χ0n) is 12.6. The van der Waals surface area contributed by atoms with E-state index in [9.17, 15) is 0 Å². The molecule has 1 rings (SSSR count). The number of hydrogen-bond donors (Lipinski definition) is 0. The molecule has 110 valence electrons. The van der Waals surface area contributed by atoms with Crippen molar-refractivity contribution in [3.63, 3.8) is 0 Å². The Balaban J connectivity index is 0.000000711. The van der Waals surface area contributed by atoms with Gasteiger partial charge in [-0.15, -0.1) is 0 Å². The zero-order chi connectivity index (χ0) is 14.5. The second-order valence-corrected chi connectivity index (χ2v) is 4.74. The van der Waals surface area contributed by atoms with E-state index in [0.29, 0.717) is 0 Å². The summed E-state index contributed by atoms with van der Waals surface area (Å²) in [5.74, 6) is -1.08. The first-order valence-electron chi connectivity index (χ1n) is 7.32. The summed E-state index contributed by atoms with van der Waals surface area (Å²) in [7, 11) is 0. The Morgan fingerprint density at radius 2 is 1.74 bits per heavy atom. The minimum absolute atomic E-state index is 0.972. The molecule has 0 fully saturated rings. The SMILES string of the molecule is CC(=O)[O-].CCCCCCCC[n+]1ccn(CC)c1. The molecule has 0 spiro atoms. The molecule has 0 aliphatic rings. The largest absolute Gasteiger partial charge is 0.550 e. The maximum atomic E-state index is 8.89. The lowest BCUT2D eigenvalue weighted by atomic mass is 10.1. The highest BCUT2D eigenvalue weighted by Gasteiger charge is 2.00. The predicted molar refractivity (Wildman–Crippen MR) is 74.4 cm³/mol. The number of carbonyl (C=O) groups excluding carboxylic acids is 1. The van der Waals surface area contributed by atoms with Crippen LogP contribution in [-0.2, 0) is 17.9 Å². The summed E-state index contributed by atoms with van der Waals surface area (Å²) in [6, 6.07) is 0. The second kappa shape index (κ2) is 11.8. The van der Waals surface area contributed by atoms with Crippen molar-refractivity contribution in [3.8, 4) is 0 Å². The number of rotatable bonds is 8. The van der Waals surface area contributed by atoms with Crippen molar-refractivity contribution in [1.29, 1.82) is 0 Å². The lowest BCUT2D eigenvalue weighted by Gasteiger charge is -1.98. The molecular weight excluding hydrogens is 240 g/mol. The van der Waals surface area contributed by atoms with Gasteiger partial charge in [-0.1, -0.05) is 32.6 Å². The Morgan fingerprint density at radius 3 is 2.26 bits per heavy atom. The van der Waals surface area contributed by atoms with Gasteiger partial charge in [0.25, 0.3) is 0 Å².